The zero-order valence-corrected chi connectivity index (χ0v) is 25.5. The molecule has 0 aliphatic rings. The van der Waals surface area contributed by atoms with Gasteiger partial charge in [0.05, 0.1) is 18.6 Å². The zero-order chi connectivity index (χ0) is 30.0. The van der Waals surface area contributed by atoms with Crippen molar-refractivity contribution in [3.63, 3.8) is 0 Å². The number of hydrogen-bond acceptors (Lipinski definition) is 5. The summed E-state index contributed by atoms with van der Waals surface area (Å²) >= 11 is 6.10. The summed E-state index contributed by atoms with van der Waals surface area (Å²) in [6.07, 6.45) is 2.01. The van der Waals surface area contributed by atoms with Crippen LogP contribution < -0.4 is 14.4 Å². The largest absolute Gasteiger partial charge is 0.492 e. The van der Waals surface area contributed by atoms with Gasteiger partial charge in [0.15, 0.2) is 0 Å². The van der Waals surface area contributed by atoms with Crippen molar-refractivity contribution in [2.24, 2.45) is 0 Å². The second-order valence-electron chi connectivity index (χ2n) is 9.84. The molecule has 0 aliphatic heterocycles. The summed E-state index contributed by atoms with van der Waals surface area (Å²) in [4.78, 5) is 29.4. The highest BCUT2D eigenvalue weighted by Crippen LogP contribution is 2.30. The Kier molecular flexibility index (Phi) is 11.6. The van der Waals surface area contributed by atoms with E-state index in [0.717, 1.165) is 21.7 Å². The van der Waals surface area contributed by atoms with E-state index in [2.05, 4.69) is 5.32 Å². The molecule has 0 heterocycles. The number of rotatable bonds is 14. The Balaban J connectivity index is 2.08. The first-order valence-electron chi connectivity index (χ1n) is 13.6. The number of anilines is 1. The van der Waals surface area contributed by atoms with Crippen molar-refractivity contribution in [1.82, 2.24) is 10.2 Å². The molecule has 1 N–H and O–H groups in total. The van der Waals surface area contributed by atoms with Gasteiger partial charge in [-0.05, 0) is 55.7 Å². The van der Waals surface area contributed by atoms with Gasteiger partial charge in [0.25, 0.3) is 0 Å². The van der Waals surface area contributed by atoms with Crippen LogP contribution in [0.15, 0.2) is 78.9 Å². The first kappa shape index (κ1) is 32.0. The van der Waals surface area contributed by atoms with Gasteiger partial charge in [-0.3, -0.25) is 13.9 Å². The second-order valence-corrected chi connectivity index (χ2v) is 12.2. The lowest BCUT2D eigenvalue weighted by Crippen LogP contribution is -2.54. The summed E-state index contributed by atoms with van der Waals surface area (Å²) in [6, 6.07) is 22.1. The molecule has 8 nitrogen and oxygen atoms in total. The van der Waals surface area contributed by atoms with Crippen molar-refractivity contribution < 1.29 is 22.7 Å². The maximum absolute atomic E-state index is 14.2. The predicted molar refractivity (Wildman–Crippen MR) is 164 cm³/mol. The number of hydrogen-bond donors (Lipinski definition) is 1. The van der Waals surface area contributed by atoms with Crippen molar-refractivity contribution in [3.8, 4) is 5.75 Å². The number of para-hydroxylation sites is 2. The fraction of sp³-hybridized carbons (Fsp3) is 0.355. The predicted octanol–water partition coefficient (Wildman–Crippen LogP) is 5.06. The van der Waals surface area contributed by atoms with E-state index in [-0.39, 0.29) is 30.6 Å². The summed E-state index contributed by atoms with van der Waals surface area (Å²) in [5.41, 5.74) is 1.87. The molecule has 10 heteroatoms. The van der Waals surface area contributed by atoms with Gasteiger partial charge in [0.2, 0.25) is 21.8 Å². The average Bonchev–Trinajstić information content (AvgIpc) is 2.95. The van der Waals surface area contributed by atoms with E-state index < -0.39 is 28.5 Å². The van der Waals surface area contributed by atoms with Crippen LogP contribution in [0.5, 0.6) is 5.75 Å². The highest BCUT2D eigenvalue weighted by molar-refractivity contribution is 7.92. The molecule has 3 aromatic rings. The summed E-state index contributed by atoms with van der Waals surface area (Å²) in [7, 11) is -3.91. The standard InChI is InChI=1S/C31H38ClN3O5S/c1-5-23(3)33-31(37)28(20-24-12-8-7-9-13-24)34(21-25-16-18-26(32)19-17-25)30(36)22-35(41(4,38)39)27-14-10-11-15-29(27)40-6-2/h7-19,23,28H,5-6,20-22H2,1-4H3,(H,33,37)/t23-,28+/m1/s1. The van der Waals surface area contributed by atoms with Crippen LogP contribution in [-0.4, -0.2) is 56.6 Å². The van der Waals surface area contributed by atoms with Crippen LogP contribution in [0.25, 0.3) is 0 Å². The molecule has 0 spiro atoms. The molecular formula is C31H38ClN3O5S. The van der Waals surface area contributed by atoms with Gasteiger partial charge in [-0.2, -0.15) is 0 Å². The van der Waals surface area contributed by atoms with E-state index in [0.29, 0.717) is 23.8 Å². The van der Waals surface area contributed by atoms with Gasteiger partial charge in [-0.1, -0.05) is 73.1 Å². The summed E-state index contributed by atoms with van der Waals surface area (Å²) in [6.45, 7) is 5.54. The van der Waals surface area contributed by atoms with Crippen molar-refractivity contribution in [2.45, 2.75) is 52.2 Å². The van der Waals surface area contributed by atoms with Gasteiger partial charge in [-0.25, -0.2) is 8.42 Å². The molecule has 220 valence electrons. The molecule has 3 aromatic carbocycles. The number of benzene rings is 3. The highest BCUT2D eigenvalue weighted by Gasteiger charge is 2.34. The maximum Gasteiger partial charge on any atom is 0.244 e. The van der Waals surface area contributed by atoms with Crippen LogP contribution >= 0.6 is 11.6 Å². The third-order valence-electron chi connectivity index (χ3n) is 6.65. The van der Waals surface area contributed by atoms with Crippen molar-refractivity contribution in [2.75, 3.05) is 23.7 Å². The number of sulfonamides is 1. The van der Waals surface area contributed by atoms with Crippen molar-refractivity contribution >= 4 is 39.1 Å². The number of amides is 2. The summed E-state index contributed by atoms with van der Waals surface area (Å²) in [5.74, 6) is -0.504. The van der Waals surface area contributed by atoms with Crippen LogP contribution in [0.3, 0.4) is 0 Å². The molecule has 0 aromatic heterocycles. The van der Waals surface area contributed by atoms with E-state index in [1.807, 2.05) is 44.2 Å². The fourth-order valence-electron chi connectivity index (χ4n) is 4.32. The van der Waals surface area contributed by atoms with E-state index in [9.17, 15) is 18.0 Å². The van der Waals surface area contributed by atoms with E-state index in [4.69, 9.17) is 16.3 Å². The minimum absolute atomic E-state index is 0.0755. The first-order chi connectivity index (χ1) is 19.5. The Morgan fingerprint density at radius 2 is 1.56 bits per heavy atom. The quantitative estimate of drug-likeness (QED) is 0.279. The number of nitrogens with one attached hydrogen (secondary N) is 1. The molecule has 0 aliphatic carbocycles. The van der Waals surface area contributed by atoms with Gasteiger partial charge >= 0.3 is 0 Å². The van der Waals surface area contributed by atoms with Crippen LogP contribution in [0.4, 0.5) is 5.69 Å². The van der Waals surface area contributed by atoms with Gasteiger partial charge in [-0.15, -0.1) is 0 Å². The third-order valence-corrected chi connectivity index (χ3v) is 8.03. The minimum Gasteiger partial charge on any atom is -0.492 e. The summed E-state index contributed by atoms with van der Waals surface area (Å²) in [5, 5.41) is 3.56. The lowest BCUT2D eigenvalue weighted by Gasteiger charge is -2.34. The van der Waals surface area contributed by atoms with Crippen LogP contribution in [0.1, 0.15) is 38.3 Å². The van der Waals surface area contributed by atoms with Crippen molar-refractivity contribution in [3.05, 3.63) is 95.0 Å². The zero-order valence-electron chi connectivity index (χ0n) is 23.9. The van der Waals surface area contributed by atoms with Gasteiger partial charge in [0.1, 0.15) is 18.3 Å². The van der Waals surface area contributed by atoms with Crippen LogP contribution in [0.2, 0.25) is 5.02 Å². The highest BCUT2D eigenvalue weighted by atomic mass is 35.5. The molecule has 0 saturated carbocycles. The molecule has 0 fully saturated rings. The van der Waals surface area contributed by atoms with Gasteiger partial charge in [0, 0.05) is 24.0 Å². The van der Waals surface area contributed by atoms with Crippen molar-refractivity contribution in [1.29, 1.82) is 0 Å². The molecule has 2 amide bonds. The number of halogens is 1. The fourth-order valence-corrected chi connectivity index (χ4v) is 5.30. The SMILES string of the molecule is CCOc1ccccc1N(CC(=O)N(Cc1ccc(Cl)cc1)[C@@H](Cc1ccccc1)C(=O)N[C@H](C)CC)S(C)(=O)=O. The molecular weight excluding hydrogens is 562 g/mol. The topological polar surface area (TPSA) is 96.0 Å². The Hall–Kier alpha value is -3.56. The number of carbonyl (C=O) groups excluding carboxylic acids is 2. The third kappa shape index (κ3) is 9.23. The number of ether oxygens (including phenoxy) is 1. The Labute approximate surface area is 248 Å². The van der Waals surface area contributed by atoms with E-state index in [1.54, 1.807) is 55.5 Å². The summed E-state index contributed by atoms with van der Waals surface area (Å²) < 4.78 is 32.8. The molecule has 0 unspecified atom stereocenters. The average molecular weight is 600 g/mol. The molecule has 3 rings (SSSR count). The Bertz CT molecular complexity index is 1400. The Morgan fingerprint density at radius 1 is 0.927 bits per heavy atom. The maximum atomic E-state index is 14.2. The first-order valence-corrected chi connectivity index (χ1v) is 15.8. The van der Waals surface area contributed by atoms with E-state index in [1.165, 1.54) is 4.90 Å². The lowest BCUT2D eigenvalue weighted by molar-refractivity contribution is -0.140. The van der Waals surface area contributed by atoms with Gasteiger partial charge < -0.3 is 15.0 Å². The lowest BCUT2D eigenvalue weighted by atomic mass is 10.0. The monoisotopic (exact) mass is 599 g/mol. The molecule has 0 bridgehead atoms. The normalized spacial score (nSPS) is 12.7. The second kappa shape index (κ2) is 14.9. The molecule has 0 radical (unpaired) electrons. The smallest absolute Gasteiger partial charge is 0.244 e. The minimum atomic E-state index is -3.91. The molecule has 2 atom stereocenters. The number of nitrogens with zero attached hydrogens (tertiary/aromatic N) is 2. The number of carbonyl (C=O) groups is 2. The van der Waals surface area contributed by atoms with E-state index >= 15 is 0 Å². The van der Waals surface area contributed by atoms with Crippen LogP contribution in [0, 0.1) is 0 Å². The Morgan fingerprint density at radius 3 is 2.17 bits per heavy atom. The van der Waals surface area contributed by atoms with Crippen LogP contribution in [-0.2, 0) is 32.6 Å². The molecule has 0 saturated heterocycles. The molecule has 41 heavy (non-hydrogen) atoms.